The molecule has 7 heteroatoms. The highest BCUT2D eigenvalue weighted by atomic mass is 35.5. The van der Waals surface area contributed by atoms with Crippen molar-refractivity contribution < 1.29 is 14.3 Å². The number of amides is 1. The van der Waals surface area contributed by atoms with Crippen LogP contribution >= 0.6 is 23.4 Å². The Labute approximate surface area is 178 Å². The number of nitrogens with zero attached hydrogens (tertiary/aromatic N) is 2. The lowest BCUT2D eigenvalue weighted by Gasteiger charge is -2.33. The Kier molecular flexibility index (Phi) is 5.48. The van der Waals surface area contributed by atoms with Crippen LogP contribution in [-0.4, -0.2) is 27.2 Å². The van der Waals surface area contributed by atoms with Crippen LogP contribution in [0.4, 0.5) is 0 Å². The molecule has 2 aromatic carbocycles. The van der Waals surface area contributed by atoms with E-state index in [0.29, 0.717) is 21.5 Å². The molecule has 1 saturated heterocycles. The average molecular weight is 427 g/mol. The first kappa shape index (κ1) is 19.7. The lowest BCUT2D eigenvalue weighted by molar-refractivity contribution is -0.141. The van der Waals surface area contributed by atoms with Gasteiger partial charge in [-0.3, -0.25) is 9.69 Å². The minimum absolute atomic E-state index is 0.0745. The van der Waals surface area contributed by atoms with Crippen LogP contribution in [-0.2, 0) is 20.9 Å². The molecule has 2 atom stereocenters. The van der Waals surface area contributed by atoms with Crippen LogP contribution < -0.4 is 0 Å². The van der Waals surface area contributed by atoms with Gasteiger partial charge in [-0.15, -0.1) is 0 Å². The van der Waals surface area contributed by atoms with Crippen molar-refractivity contribution >= 4 is 40.4 Å². The number of allylic oxidation sites excluding steroid dienone is 1. The number of fused-ring (bicyclic) bond motifs is 1. The van der Waals surface area contributed by atoms with Gasteiger partial charge in [0.1, 0.15) is 6.61 Å². The van der Waals surface area contributed by atoms with Crippen molar-refractivity contribution in [1.82, 2.24) is 4.90 Å². The molecule has 4 rings (SSSR count). The van der Waals surface area contributed by atoms with Crippen molar-refractivity contribution in [2.75, 3.05) is 0 Å². The van der Waals surface area contributed by atoms with Crippen molar-refractivity contribution in [3.8, 4) is 0 Å². The third-order valence-electron chi connectivity index (χ3n) is 4.88. The molecule has 1 fully saturated rings. The zero-order valence-electron chi connectivity index (χ0n) is 16.0. The van der Waals surface area contributed by atoms with Gasteiger partial charge >= 0.3 is 5.97 Å². The van der Waals surface area contributed by atoms with Gasteiger partial charge in [-0.2, -0.15) is 0 Å². The molecule has 29 heavy (non-hydrogen) atoms. The summed E-state index contributed by atoms with van der Waals surface area (Å²) in [6.45, 7) is 3.77. The molecule has 2 heterocycles. The topological polar surface area (TPSA) is 59.0 Å². The Hall–Kier alpha value is -2.57. The van der Waals surface area contributed by atoms with E-state index < -0.39 is 12.0 Å². The molecule has 2 aliphatic rings. The molecular formula is C22H19ClN2O3S. The van der Waals surface area contributed by atoms with Crippen molar-refractivity contribution in [1.29, 1.82) is 0 Å². The number of hydrogen-bond acceptors (Lipinski definition) is 5. The van der Waals surface area contributed by atoms with Gasteiger partial charge in [-0.25, -0.2) is 9.79 Å². The zero-order chi connectivity index (χ0) is 20.5. The third-order valence-corrected chi connectivity index (χ3v) is 6.18. The van der Waals surface area contributed by atoms with Gasteiger partial charge in [0.15, 0.2) is 5.17 Å². The summed E-state index contributed by atoms with van der Waals surface area (Å²) in [6, 6.07) is 16.0. The van der Waals surface area contributed by atoms with E-state index in [1.54, 1.807) is 24.0 Å². The Morgan fingerprint density at radius 2 is 1.86 bits per heavy atom. The first-order chi connectivity index (χ1) is 14.0. The number of carbonyl (C=O) groups is 2. The maximum atomic E-state index is 13.1. The van der Waals surface area contributed by atoms with Gasteiger partial charge in [0.05, 0.1) is 22.6 Å². The second kappa shape index (κ2) is 8.05. The molecule has 148 valence electrons. The van der Waals surface area contributed by atoms with Crippen LogP contribution in [0.1, 0.15) is 31.0 Å². The molecule has 1 amide bonds. The Morgan fingerprint density at radius 3 is 2.55 bits per heavy atom. The minimum Gasteiger partial charge on any atom is -0.457 e. The van der Waals surface area contributed by atoms with Gasteiger partial charge in [0.25, 0.3) is 0 Å². The fourth-order valence-corrected chi connectivity index (χ4v) is 4.58. The number of ether oxygens (including phenoxy) is 1. The van der Waals surface area contributed by atoms with E-state index in [0.717, 1.165) is 11.1 Å². The predicted octanol–water partition coefficient (Wildman–Crippen LogP) is 4.73. The first-order valence-corrected chi connectivity index (χ1v) is 10.5. The van der Waals surface area contributed by atoms with E-state index in [1.807, 2.05) is 49.4 Å². The average Bonchev–Trinajstić information content (AvgIpc) is 3.00. The molecule has 2 aromatic rings. The van der Waals surface area contributed by atoms with Crippen LogP contribution in [0.15, 0.2) is 70.9 Å². The number of halogens is 1. The maximum absolute atomic E-state index is 13.1. The standard InChI is InChI=1S/C22H19ClN2O3S/c1-13-18(21(27)28-12-15-6-4-3-5-7-15)19(16-8-10-17(23)11-9-16)25-20(26)14(2)29-22(25)24-13/h3-11,14,19H,12H2,1-2H3/t14-,19-/m0/s1. The molecule has 0 radical (unpaired) electrons. The minimum atomic E-state index is -0.590. The molecule has 0 unspecified atom stereocenters. The molecule has 0 N–H and O–H groups in total. The number of carbonyl (C=O) groups excluding carboxylic acids is 2. The van der Waals surface area contributed by atoms with Crippen molar-refractivity contribution in [2.24, 2.45) is 4.99 Å². The summed E-state index contributed by atoms with van der Waals surface area (Å²) < 4.78 is 5.59. The van der Waals surface area contributed by atoms with Gasteiger partial charge < -0.3 is 4.74 Å². The fourth-order valence-electron chi connectivity index (χ4n) is 3.43. The summed E-state index contributed by atoms with van der Waals surface area (Å²) in [5.41, 5.74) is 2.61. The van der Waals surface area contributed by atoms with E-state index in [1.165, 1.54) is 11.8 Å². The number of benzene rings is 2. The highest BCUT2D eigenvalue weighted by molar-refractivity contribution is 8.15. The quantitative estimate of drug-likeness (QED) is 0.663. The second-order valence-electron chi connectivity index (χ2n) is 6.88. The highest BCUT2D eigenvalue weighted by Gasteiger charge is 2.46. The van der Waals surface area contributed by atoms with Gasteiger partial charge in [0, 0.05) is 5.02 Å². The van der Waals surface area contributed by atoms with Crippen LogP contribution in [0.5, 0.6) is 0 Å². The van der Waals surface area contributed by atoms with E-state index in [4.69, 9.17) is 16.3 Å². The Balaban J connectivity index is 1.71. The second-order valence-corrected chi connectivity index (χ2v) is 8.62. The Morgan fingerprint density at radius 1 is 1.17 bits per heavy atom. The zero-order valence-corrected chi connectivity index (χ0v) is 17.5. The van der Waals surface area contributed by atoms with Crippen LogP contribution in [0, 0.1) is 0 Å². The van der Waals surface area contributed by atoms with Gasteiger partial charge in [0.2, 0.25) is 5.91 Å². The summed E-state index contributed by atoms with van der Waals surface area (Å²) in [5.74, 6) is -0.555. The van der Waals surface area contributed by atoms with E-state index >= 15 is 0 Å². The number of thioether (sulfide) groups is 1. The molecule has 0 spiro atoms. The van der Waals surface area contributed by atoms with Gasteiger partial charge in [-0.05, 0) is 37.1 Å². The normalized spacial score (nSPS) is 21.1. The van der Waals surface area contributed by atoms with Crippen molar-refractivity contribution in [2.45, 2.75) is 31.7 Å². The SMILES string of the molecule is CC1=C(C(=O)OCc2ccccc2)[C@H](c2ccc(Cl)cc2)N2C(=O)[C@H](C)SC2=N1. The monoisotopic (exact) mass is 426 g/mol. The number of aliphatic imine (C=N–C) groups is 1. The third kappa shape index (κ3) is 3.82. The lowest BCUT2D eigenvalue weighted by atomic mass is 9.94. The molecule has 0 aromatic heterocycles. The molecule has 5 nitrogen and oxygen atoms in total. The number of rotatable bonds is 4. The molecule has 0 aliphatic carbocycles. The number of esters is 1. The molecule has 0 saturated carbocycles. The summed E-state index contributed by atoms with van der Waals surface area (Å²) in [4.78, 5) is 32.1. The van der Waals surface area contributed by atoms with Crippen LogP contribution in [0.2, 0.25) is 5.02 Å². The summed E-state index contributed by atoms with van der Waals surface area (Å²) >= 11 is 7.45. The van der Waals surface area contributed by atoms with E-state index in [2.05, 4.69) is 4.99 Å². The van der Waals surface area contributed by atoms with Gasteiger partial charge in [-0.1, -0.05) is 65.8 Å². The van der Waals surface area contributed by atoms with Crippen LogP contribution in [0.25, 0.3) is 0 Å². The van der Waals surface area contributed by atoms with E-state index in [-0.39, 0.29) is 17.8 Å². The largest absolute Gasteiger partial charge is 0.457 e. The van der Waals surface area contributed by atoms with E-state index in [9.17, 15) is 9.59 Å². The highest BCUT2D eigenvalue weighted by Crippen LogP contribution is 2.43. The number of hydrogen-bond donors (Lipinski definition) is 0. The van der Waals surface area contributed by atoms with Crippen LogP contribution in [0.3, 0.4) is 0 Å². The Bertz CT molecular complexity index is 1020. The lowest BCUT2D eigenvalue weighted by Crippen LogP contribution is -2.40. The number of amidine groups is 1. The summed E-state index contributed by atoms with van der Waals surface area (Å²) in [6.07, 6.45) is 0. The van der Waals surface area contributed by atoms with Crippen molar-refractivity contribution in [3.63, 3.8) is 0 Å². The molecular weight excluding hydrogens is 408 g/mol. The predicted molar refractivity (Wildman–Crippen MR) is 114 cm³/mol. The fraction of sp³-hybridized carbons (Fsp3) is 0.227. The molecule has 2 aliphatic heterocycles. The first-order valence-electron chi connectivity index (χ1n) is 9.21. The summed E-state index contributed by atoms with van der Waals surface area (Å²) in [5, 5.41) is 0.943. The molecule has 0 bridgehead atoms. The maximum Gasteiger partial charge on any atom is 0.338 e. The van der Waals surface area contributed by atoms with Crippen molar-refractivity contribution in [3.05, 3.63) is 82.0 Å². The summed E-state index contributed by atoms with van der Waals surface area (Å²) in [7, 11) is 0. The smallest absolute Gasteiger partial charge is 0.338 e.